The van der Waals surface area contributed by atoms with Gasteiger partial charge in [0.25, 0.3) is 0 Å². The smallest absolute Gasteiger partial charge is 0.0695 e. The highest BCUT2D eigenvalue weighted by Crippen LogP contribution is 2.33. The van der Waals surface area contributed by atoms with Crippen LogP contribution in [-0.2, 0) is 4.74 Å². The van der Waals surface area contributed by atoms with E-state index in [1.807, 2.05) is 0 Å². The van der Waals surface area contributed by atoms with Crippen LogP contribution in [0.25, 0.3) is 0 Å². The Kier molecular flexibility index (Phi) is 4.00. The zero-order valence-corrected chi connectivity index (χ0v) is 9.69. The lowest BCUT2D eigenvalue weighted by Gasteiger charge is -2.32. The molecular weight excluding hydrogens is 190 g/mol. The molecule has 1 saturated heterocycles. The lowest BCUT2D eigenvalue weighted by atomic mass is 9.97. The fraction of sp³-hybridized carbons (Fsp3) is 1.00. The van der Waals surface area contributed by atoms with E-state index in [-0.39, 0.29) is 6.10 Å². The molecule has 1 saturated carbocycles. The minimum absolute atomic E-state index is 0.0658. The van der Waals surface area contributed by atoms with Gasteiger partial charge in [0.2, 0.25) is 0 Å². The van der Waals surface area contributed by atoms with E-state index in [0.29, 0.717) is 5.92 Å². The average Bonchev–Trinajstić information content (AvgIpc) is 3.04. The van der Waals surface area contributed by atoms with Crippen molar-refractivity contribution in [2.24, 2.45) is 11.8 Å². The predicted molar refractivity (Wildman–Crippen MR) is 59.8 cm³/mol. The van der Waals surface area contributed by atoms with Crippen molar-refractivity contribution in [3.8, 4) is 0 Å². The first-order valence-electron chi connectivity index (χ1n) is 6.19. The molecule has 3 nitrogen and oxygen atoms in total. The molecule has 2 fully saturated rings. The van der Waals surface area contributed by atoms with Crippen LogP contribution in [0.5, 0.6) is 0 Å². The zero-order chi connectivity index (χ0) is 10.7. The first-order valence-corrected chi connectivity index (χ1v) is 6.19. The molecule has 0 amide bonds. The van der Waals surface area contributed by atoms with Crippen molar-refractivity contribution in [3.63, 3.8) is 0 Å². The Morgan fingerprint density at radius 1 is 1.27 bits per heavy atom. The monoisotopic (exact) mass is 213 g/mol. The number of rotatable bonds is 5. The molecule has 0 aromatic rings. The molecule has 1 N–H and O–H groups in total. The minimum atomic E-state index is -0.0658. The van der Waals surface area contributed by atoms with Crippen LogP contribution in [0.2, 0.25) is 0 Å². The third-order valence-electron chi connectivity index (χ3n) is 3.72. The van der Waals surface area contributed by atoms with E-state index < -0.39 is 0 Å². The van der Waals surface area contributed by atoms with Gasteiger partial charge >= 0.3 is 0 Å². The molecule has 0 bridgehead atoms. The Bertz CT molecular complexity index is 186. The fourth-order valence-corrected chi connectivity index (χ4v) is 2.47. The highest BCUT2D eigenvalue weighted by molar-refractivity contribution is 4.84. The van der Waals surface area contributed by atoms with Crippen LogP contribution < -0.4 is 0 Å². The van der Waals surface area contributed by atoms with E-state index in [9.17, 15) is 5.11 Å². The highest BCUT2D eigenvalue weighted by Gasteiger charge is 2.31. The normalized spacial score (nSPS) is 26.8. The summed E-state index contributed by atoms with van der Waals surface area (Å²) in [6.45, 7) is 4.07. The Balaban J connectivity index is 1.64. The summed E-state index contributed by atoms with van der Waals surface area (Å²) in [5, 5.41) is 9.84. The highest BCUT2D eigenvalue weighted by atomic mass is 16.5. The maximum Gasteiger partial charge on any atom is 0.0695 e. The van der Waals surface area contributed by atoms with E-state index in [2.05, 4.69) is 4.90 Å². The zero-order valence-electron chi connectivity index (χ0n) is 9.69. The van der Waals surface area contributed by atoms with Gasteiger partial charge in [-0.3, -0.25) is 0 Å². The second-order valence-electron chi connectivity index (χ2n) is 5.10. The molecule has 15 heavy (non-hydrogen) atoms. The van der Waals surface area contributed by atoms with Crippen LogP contribution in [-0.4, -0.2) is 49.5 Å². The Morgan fingerprint density at radius 2 is 1.93 bits per heavy atom. The van der Waals surface area contributed by atoms with Gasteiger partial charge in [-0.2, -0.15) is 0 Å². The summed E-state index contributed by atoms with van der Waals surface area (Å²) in [5.41, 5.74) is 0. The van der Waals surface area contributed by atoms with Gasteiger partial charge in [0.15, 0.2) is 0 Å². The standard InChI is InChI=1S/C12H23NO2/c1-15-9-10-4-6-13(7-5-10)8-12(14)11-2-3-11/h10-12,14H,2-9H2,1H3. The van der Waals surface area contributed by atoms with Crippen LogP contribution in [0, 0.1) is 11.8 Å². The van der Waals surface area contributed by atoms with Crippen LogP contribution in [0.1, 0.15) is 25.7 Å². The quantitative estimate of drug-likeness (QED) is 0.743. The predicted octanol–water partition coefficient (Wildman–Crippen LogP) is 1.12. The van der Waals surface area contributed by atoms with E-state index in [1.54, 1.807) is 7.11 Å². The number of piperidine rings is 1. The molecule has 0 aromatic carbocycles. The van der Waals surface area contributed by atoms with Crippen LogP contribution in [0.3, 0.4) is 0 Å². The Morgan fingerprint density at radius 3 is 2.47 bits per heavy atom. The SMILES string of the molecule is COCC1CCN(CC(O)C2CC2)CC1. The van der Waals surface area contributed by atoms with Crippen molar-refractivity contribution in [1.29, 1.82) is 0 Å². The van der Waals surface area contributed by atoms with Gasteiger partial charge in [-0.15, -0.1) is 0 Å². The minimum Gasteiger partial charge on any atom is -0.392 e. The molecule has 3 heteroatoms. The number of nitrogens with zero attached hydrogens (tertiary/aromatic N) is 1. The van der Waals surface area contributed by atoms with Crippen LogP contribution in [0.4, 0.5) is 0 Å². The lowest BCUT2D eigenvalue weighted by Crippen LogP contribution is -2.40. The maximum absolute atomic E-state index is 9.84. The number of likely N-dealkylation sites (tertiary alicyclic amines) is 1. The summed E-state index contributed by atoms with van der Waals surface area (Å²) in [6, 6.07) is 0. The molecule has 1 heterocycles. The van der Waals surface area contributed by atoms with E-state index in [1.165, 1.54) is 25.7 Å². The van der Waals surface area contributed by atoms with Crippen molar-refractivity contribution >= 4 is 0 Å². The van der Waals surface area contributed by atoms with Gasteiger partial charge in [0.1, 0.15) is 0 Å². The Labute approximate surface area is 92.4 Å². The molecule has 0 spiro atoms. The molecule has 2 aliphatic rings. The third kappa shape index (κ3) is 3.44. The van der Waals surface area contributed by atoms with Crippen molar-refractivity contribution in [2.45, 2.75) is 31.8 Å². The molecule has 88 valence electrons. The molecule has 1 unspecified atom stereocenters. The van der Waals surface area contributed by atoms with Crippen molar-refractivity contribution in [1.82, 2.24) is 4.90 Å². The molecule has 0 radical (unpaired) electrons. The average molecular weight is 213 g/mol. The number of hydrogen-bond donors (Lipinski definition) is 1. The number of aliphatic hydroxyl groups is 1. The summed E-state index contributed by atoms with van der Waals surface area (Å²) in [7, 11) is 1.78. The van der Waals surface area contributed by atoms with Gasteiger partial charge in [-0.05, 0) is 50.6 Å². The van der Waals surface area contributed by atoms with Crippen LogP contribution in [0.15, 0.2) is 0 Å². The molecule has 1 aliphatic carbocycles. The van der Waals surface area contributed by atoms with Gasteiger partial charge < -0.3 is 14.7 Å². The Hall–Kier alpha value is -0.120. The van der Waals surface area contributed by atoms with Crippen LogP contribution >= 0.6 is 0 Å². The third-order valence-corrected chi connectivity index (χ3v) is 3.72. The van der Waals surface area contributed by atoms with Crippen molar-refractivity contribution < 1.29 is 9.84 Å². The van der Waals surface area contributed by atoms with E-state index in [4.69, 9.17) is 4.74 Å². The number of β-amino-alcohol motifs (C(OH)–C–C–N with tert-alkyl or cyclic N) is 1. The number of aliphatic hydroxyl groups excluding tert-OH is 1. The second kappa shape index (κ2) is 5.28. The van der Waals surface area contributed by atoms with Gasteiger partial charge in [0.05, 0.1) is 6.10 Å². The molecule has 2 rings (SSSR count). The number of hydrogen-bond acceptors (Lipinski definition) is 3. The first-order chi connectivity index (χ1) is 7.29. The van der Waals surface area contributed by atoms with E-state index in [0.717, 1.165) is 32.2 Å². The van der Waals surface area contributed by atoms with Crippen molar-refractivity contribution in [3.05, 3.63) is 0 Å². The summed E-state index contributed by atoms with van der Waals surface area (Å²) in [6.07, 6.45) is 4.86. The molecule has 1 atom stereocenters. The second-order valence-corrected chi connectivity index (χ2v) is 5.10. The largest absolute Gasteiger partial charge is 0.392 e. The summed E-state index contributed by atoms with van der Waals surface area (Å²) < 4.78 is 5.18. The van der Waals surface area contributed by atoms with Gasteiger partial charge in [0, 0.05) is 20.3 Å². The molecule has 0 aromatic heterocycles. The fourth-order valence-electron chi connectivity index (χ4n) is 2.47. The summed E-state index contributed by atoms with van der Waals surface area (Å²) in [4.78, 5) is 2.41. The van der Waals surface area contributed by atoms with Gasteiger partial charge in [-0.25, -0.2) is 0 Å². The topological polar surface area (TPSA) is 32.7 Å². The first kappa shape index (κ1) is 11.4. The maximum atomic E-state index is 9.84. The molecule has 1 aliphatic heterocycles. The number of ether oxygens (including phenoxy) is 1. The number of methoxy groups -OCH3 is 1. The van der Waals surface area contributed by atoms with E-state index >= 15 is 0 Å². The summed E-state index contributed by atoms with van der Waals surface area (Å²) >= 11 is 0. The van der Waals surface area contributed by atoms with Crippen molar-refractivity contribution in [2.75, 3.05) is 33.4 Å². The lowest BCUT2D eigenvalue weighted by molar-refractivity contribution is 0.0576. The molecular formula is C12H23NO2. The van der Waals surface area contributed by atoms with Gasteiger partial charge in [-0.1, -0.05) is 0 Å². The summed E-state index contributed by atoms with van der Waals surface area (Å²) in [5.74, 6) is 1.35.